The van der Waals surface area contributed by atoms with Crippen LogP contribution in [0.3, 0.4) is 0 Å². The second kappa shape index (κ2) is 5.70. The molecule has 0 heterocycles. The van der Waals surface area contributed by atoms with E-state index >= 15 is 0 Å². The van der Waals surface area contributed by atoms with Crippen molar-refractivity contribution in [3.05, 3.63) is 64.7 Å². The second-order valence-corrected chi connectivity index (χ2v) is 4.67. The van der Waals surface area contributed by atoms with E-state index in [0.29, 0.717) is 17.7 Å². The summed E-state index contributed by atoms with van der Waals surface area (Å²) in [5.41, 5.74) is 3.84. The van der Waals surface area contributed by atoms with E-state index in [1.165, 1.54) is 0 Å². The molecule has 2 rings (SSSR count). The van der Waals surface area contributed by atoms with Gasteiger partial charge in [-0.25, -0.2) is 0 Å². The van der Waals surface area contributed by atoms with E-state index < -0.39 is 0 Å². The smallest absolute Gasteiger partial charge is 0.170 e. The number of hydrogen-bond donors (Lipinski definition) is 0. The van der Waals surface area contributed by atoms with Crippen molar-refractivity contribution in [2.24, 2.45) is 0 Å². The van der Waals surface area contributed by atoms with Gasteiger partial charge in [0.2, 0.25) is 0 Å². The molecule has 0 bridgehead atoms. The number of methoxy groups -OCH3 is 1. The molecule has 0 saturated carbocycles. The molecule has 0 radical (unpaired) electrons. The standard InChI is InChI=1S/C17H18O2/c1-12-9-10-15(17(19-3)13(12)2)16(18)11-14-7-5-4-6-8-14/h4-10H,11H2,1-3H3. The first-order valence-electron chi connectivity index (χ1n) is 6.34. The normalized spacial score (nSPS) is 10.3. The van der Waals surface area contributed by atoms with Crippen LogP contribution in [0.25, 0.3) is 0 Å². The lowest BCUT2D eigenvalue weighted by molar-refractivity contribution is 0.0990. The molecular weight excluding hydrogens is 236 g/mol. The van der Waals surface area contributed by atoms with E-state index in [9.17, 15) is 4.79 Å². The van der Waals surface area contributed by atoms with Crippen molar-refractivity contribution in [3.63, 3.8) is 0 Å². The molecule has 0 aliphatic heterocycles. The molecular formula is C17H18O2. The Morgan fingerprint density at radius 2 is 1.74 bits per heavy atom. The minimum atomic E-state index is 0.0890. The minimum Gasteiger partial charge on any atom is -0.496 e. The third-order valence-electron chi connectivity index (χ3n) is 3.39. The SMILES string of the molecule is COc1c(C(=O)Cc2ccccc2)ccc(C)c1C. The van der Waals surface area contributed by atoms with Crippen molar-refractivity contribution >= 4 is 5.78 Å². The van der Waals surface area contributed by atoms with E-state index in [0.717, 1.165) is 16.7 Å². The van der Waals surface area contributed by atoms with Gasteiger partial charge < -0.3 is 4.74 Å². The molecule has 0 spiro atoms. The highest BCUT2D eigenvalue weighted by atomic mass is 16.5. The van der Waals surface area contributed by atoms with Crippen LogP contribution in [0.5, 0.6) is 5.75 Å². The zero-order chi connectivity index (χ0) is 13.8. The first-order valence-corrected chi connectivity index (χ1v) is 6.34. The quantitative estimate of drug-likeness (QED) is 0.777. The Bertz CT molecular complexity index is 586. The van der Waals surface area contributed by atoms with Crippen LogP contribution < -0.4 is 4.74 Å². The monoisotopic (exact) mass is 254 g/mol. The van der Waals surface area contributed by atoms with Crippen LogP contribution >= 0.6 is 0 Å². The van der Waals surface area contributed by atoms with Crippen molar-refractivity contribution in [1.82, 2.24) is 0 Å². The van der Waals surface area contributed by atoms with Gasteiger partial charge in [0.1, 0.15) is 5.75 Å². The first kappa shape index (κ1) is 13.3. The van der Waals surface area contributed by atoms with Gasteiger partial charge in [0, 0.05) is 6.42 Å². The van der Waals surface area contributed by atoms with Crippen LogP contribution in [0.2, 0.25) is 0 Å². The van der Waals surface area contributed by atoms with Crippen molar-refractivity contribution < 1.29 is 9.53 Å². The summed E-state index contributed by atoms with van der Waals surface area (Å²) in [5.74, 6) is 0.784. The summed E-state index contributed by atoms with van der Waals surface area (Å²) in [6.07, 6.45) is 0.402. The highest BCUT2D eigenvalue weighted by molar-refractivity contribution is 6.00. The van der Waals surface area contributed by atoms with E-state index in [1.807, 2.05) is 56.3 Å². The Kier molecular flexibility index (Phi) is 4.00. The zero-order valence-electron chi connectivity index (χ0n) is 11.6. The molecule has 0 aliphatic rings. The number of carbonyl (C=O) groups is 1. The largest absolute Gasteiger partial charge is 0.496 e. The van der Waals surface area contributed by atoms with Gasteiger partial charge in [0.15, 0.2) is 5.78 Å². The Morgan fingerprint density at radius 1 is 1.05 bits per heavy atom. The number of ether oxygens (including phenoxy) is 1. The molecule has 0 saturated heterocycles. The summed E-state index contributed by atoms with van der Waals surface area (Å²) in [6, 6.07) is 13.6. The molecule has 0 fully saturated rings. The minimum absolute atomic E-state index is 0.0890. The number of benzene rings is 2. The predicted octanol–water partition coefficient (Wildman–Crippen LogP) is 3.74. The predicted molar refractivity (Wildman–Crippen MR) is 76.9 cm³/mol. The van der Waals surface area contributed by atoms with Gasteiger partial charge in [0.05, 0.1) is 12.7 Å². The van der Waals surface area contributed by atoms with Crippen LogP contribution in [-0.2, 0) is 6.42 Å². The molecule has 2 nitrogen and oxygen atoms in total. The Labute approximate surface area is 114 Å². The number of ketones is 1. The Hall–Kier alpha value is -2.09. The summed E-state index contributed by atoms with van der Waals surface area (Å²) in [4.78, 5) is 12.4. The van der Waals surface area contributed by atoms with Crippen molar-refractivity contribution in [1.29, 1.82) is 0 Å². The lowest BCUT2D eigenvalue weighted by Gasteiger charge is -2.12. The van der Waals surface area contributed by atoms with E-state index in [4.69, 9.17) is 4.74 Å². The summed E-state index contributed by atoms with van der Waals surface area (Å²) in [5, 5.41) is 0. The van der Waals surface area contributed by atoms with Gasteiger partial charge in [-0.1, -0.05) is 36.4 Å². The fourth-order valence-electron chi connectivity index (χ4n) is 2.15. The average Bonchev–Trinajstić information content (AvgIpc) is 2.42. The number of aryl methyl sites for hydroxylation is 1. The molecule has 2 heteroatoms. The molecule has 0 N–H and O–H groups in total. The van der Waals surface area contributed by atoms with Gasteiger partial charge in [0.25, 0.3) is 0 Å². The molecule has 19 heavy (non-hydrogen) atoms. The summed E-state index contributed by atoms with van der Waals surface area (Å²) in [6.45, 7) is 4.00. The van der Waals surface area contributed by atoms with Crippen LogP contribution in [0, 0.1) is 13.8 Å². The maximum absolute atomic E-state index is 12.4. The molecule has 0 aromatic heterocycles. The third kappa shape index (κ3) is 2.84. The number of carbonyl (C=O) groups excluding carboxylic acids is 1. The fraction of sp³-hybridized carbons (Fsp3) is 0.235. The maximum atomic E-state index is 12.4. The first-order chi connectivity index (χ1) is 9.13. The van der Waals surface area contributed by atoms with Crippen molar-refractivity contribution in [3.8, 4) is 5.75 Å². The molecule has 0 unspecified atom stereocenters. The number of rotatable bonds is 4. The third-order valence-corrected chi connectivity index (χ3v) is 3.39. The molecule has 2 aromatic rings. The summed E-state index contributed by atoms with van der Waals surface area (Å²) < 4.78 is 5.39. The van der Waals surface area contributed by atoms with Crippen molar-refractivity contribution in [2.45, 2.75) is 20.3 Å². The summed E-state index contributed by atoms with van der Waals surface area (Å²) >= 11 is 0. The Morgan fingerprint density at radius 3 is 2.37 bits per heavy atom. The van der Waals surface area contributed by atoms with Gasteiger partial charge >= 0.3 is 0 Å². The lowest BCUT2D eigenvalue weighted by Crippen LogP contribution is -2.07. The molecule has 98 valence electrons. The van der Waals surface area contributed by atoms with Crippen molar-refractivity contribution in [2.75, 3.05) is 7.11 Å². The van der Waals surface area contributed by atoms with Crippen LogP contribution in [0.15, 0.2) is 42.5 Å². The number of Topliss-reactive ketones (excluding diaryl/α,β-unsaturated/α-hetero) is 1. The molecule has 0 amide bonds. The average molecular weight is 254 g/mol. The fourth-order valence-corrected chi connectivity index (χ4v) is 2.15. The highest BCUT2D eigenvalue weighted by Gasteiger charge is 2.15. The van der Waals surface area contributed by atoms with E-state index in [2.05, 4.69) is 0 Å². The number of hydrogen-bond acceptors (Lipinski definition) is 2. The van der Waals surface area contributed by atoms with Gasteiger partial charge in [-0.2, -0.15) is 0 Å². The highest BCUT2D eigenvalue weighted by Crippen LogP contribution is 2.27. The maximum Gasteiger partial charge on any atom is 0.170 e. The van der Waals surface area contributed by atoms with Gasteiger partial charge in [-0.05, 0) is 36.6 Å². The van der Waals surface area contributed by atoms with E-state index in [-0.39, 0.29) is 5.78 Å². The molecule has 0 aliphatic carbocycles. The van der Waals surface area contributed by atoms with Crippen LogP contribution in [-0.4, -0.2) is 12.9 Å². The summed E-state index contributed by atoms with van der Waals surface area (Å²) in [7, 11) is 1.61. The van der Waals surface area contributed by atoms with Gasteiger partial charge in [-0.3, -0.25) is 4.79 Å². The van der Waals surface area contributed by atoms with E-state index in [1.54, 1.807) is 7.11 Å². The Balaban J connectivity index is 2.32. The topological polar surface area (TPSA) is 26.3 Å². The second-order valence-electron chi connectivity index (χ2n) is 4.67. The zero-order valence-corrected chi connectivity index (χ0v) is 11.6. The molecule has 0 atom stereocenters. The molecule has 2 aromatic carbocycles. The van der Waals surface area contributed by atoms with Gasteiger partial charge in [-0.15, -0.1) is 0 Å². The van der Waals surface area contributed by atoms with Crippen LogP contribution in [0.1, 0.15) is 27.0 Å². The van der Waals surface area contributed by atoms with Crippen LogP contribution in [0.4, 0.5) is 0 Å². The lowest BCUT2D eigenvalue weighted by atomic mass is 9.98.